The summed E-state index contributed by atoms with van der Waals surface area (Å²) in [5, 5.41) is 0. The van der Waals surface area contributed by atoms with Crippen LogP contribution in [-0.2, 0) is 0 Å². The van der Waals surface area contributed by atoms with Gasteiger partial charge in [0.05, 0.1) is 0 Å². The number of nitrogens with zero attached hydrogens (tertiary/aromatic N) is 1. The highest BCUT2D eigenvalue weighted by Crippen LogP contribution is 2.02. The molecule has 1 heterocycles. The minimum absolute atomic E-state index is 0.0463. The molecule has 1 aromatic rings. The van der Waals surface area contributed by atoms with Gasteiger partial charge >= 0.3 is 0 Å². The summed E-state index contributed by atoms with van der Waals surface area (Å²) in [6.45, 7) is 1.87. The minimum atomic E-state index is 0.0463. The molecule has 60 valence electrons. The summed E-state index contributed by atoms with van der Waals surface area (Å²) >= 11 is 0. The number of rotatable bonds is 1. The Morgan fingerprint density at radius 2 is 2.00 bits per heavy atom. The number of anilines is 1. The first-order valence-electron chi connectivity index (χ1n) is 3.48. The van der Waals surface area contributed by atoms with Gasteiger partial charge in [-0.15, -0.1) is 0 Å². The zero-order chi connectivity index (χ0) is 8.43. The van der Waals surface area contributed by atoms with E-state index in [2.05, 4.69) is 4.98 Å². The van der Waals surface area contributed by atoms with Gasteiger partial charge in [-0.2, -0.15) is 0 Å². The Morgan fingerprint density at radius 3 is 2.45 bits per heavy atom. The lowest BCUT2D eigenvalue weighted by Crippen LogP contribution is -2.14. The van der Waals surface area contributed by atoms with Gasteiger partial charge in [-0.25, -0.2) is 0 Å². The van der Waals surface area contributed by atoms with Crippen LogP contribution < -0.4 is 10.3 Å². The van der Waals surface area contributed by atoms with E-state index in [4.69, 9.17) is 0 Å². The first-order chi connectivity index (χ1) is 5.09. The molecule has 0 aliphatic rings. The molecule has 1 rings (SSSR count). The highest BCUT2D eigenvalue weighted by molar-refractivity contribution is 5.36. The molecule has 3 heteroatoms. The van der Waals surface area contributed by atoms with Crippen molar-refractivity contribution in [2.75, 3.05) is 19.0 Å². The lowest BCUT2D eigenvalue weighted by atomic mass is 10.3. The number of hydrogen-bond donors (Lipinski definition) is 1. The summed E-state index contributed by atoms with van der Waals surface area (Å²) in [6, 6.07) is 3.15. The van der Waals surface area contributed by atoms with Crippen LogP contribution in [0.25, 0.3) is 0 Å². The van der Waals surface area contributed by atoms with Crippen LogP contribution >= 0.6 is 0 Å². The summed E-state index contributed by atoms with van der Waals surface area (Å²) in [4.78, 5) is 15.9. The van der Waals surface area contributed by atoms with E-state index in [1.54, 1.807) is 12.1 Å². The number of hydrogen-bond acceptors (Lipinski definition) is 2. The Balaban J connectivity index is 3.19. The Hall–Kier alpha value is -1.25. The van der Waals surface area contributed by atoms with Crippen molar-refractivity contribution in [3.05, 3.63) is 28.0 Å². The van der Waals surface area contributed by atoms with Crippen LogP contribution in [0.15, 0.2) is 16.9 Å². The molecule has 0 atom stereocenters. The molecular weight excluding hydrogens is 140 g/mol. The zero-order valence-corrected chi connectivity index (χ0v) is 7.01. The van der Waals surface area contributed by atoms with Crippen LogP contribution in [0, 0.1) is 6.92 Å². The maximum absolute atomic E-state index is 11.0. The van der Waals surface area contributed by atoms with E-state index >= 15 is 0 Å². The van der Waals surface area contributed by atoms with E-state index in [1.807, 2.05) is 25.9 Å². The molecule has 0 aliphatic heterocycles. The Labute approximate surface area is 65.7 Å². The average Bonchev–Trinajstić information content (AvgIpc) is 1.85. The highest BCUT2D eigenvalue weighted by atomic mass is 16.1. The lowest BCUT2D eigenvalue weighted by Gasteiger charge is -2.11. The molecule has 0 fully saturated rings. The average molecular weight is 152 g/mol. The smallest absolute Gasteiger partial charge is 0.183 e. The van der Waals surface area contributed by atoms with Gasteiger partial charge in [0.15, 0.2) is 5.43 Å². The molecule has 0 radical (unpaired) electrons. The van der Waals surface area contributed by atoms with E-state index in [0.717, 1.165) is 11.5 Å². The van der Waals surface area contributed by atoms with Crippen LogP contribution in [-0.4, -0.2) is 19.1 Å². The number of aryl methyl sites for hydroxylation is 1. The van der Waals surface area contributed by atoms with Crippen LogP contribution in [0.5, 0.6) is 0 Å². The third kappa shape index (κ3) is 1.83. The van der Waals surface area contributed by atoms with Gasteiger partial charge < -0.3 is 9.88 Å². The van der Waals surface area contributed by atoms with Crippen molar-refractivity contribution < 1.29 is 0 Å². The van der Waals surface area contributed by atoms with Gasteiger partial charge in [-0.05, 0) is 6.92 Å². The quantitative estimate of drug-likeness (QED) is 0.644. The summed E-state index contributed by atoms with van der Waals surface area (Å²) in [7, 11) is 3.79. The topological polar surface area (TPSA) is 36.1 Å². The molecule has 0 unspecified atom stereocenters. The van der Waals surface area contributed by atoms with Crippen LogP contribution in [0.3, 0.4) is 0 Å². The fourth-order valence-corrected chi connectivity index (χ4v) is 0.905. The monoisotopic (exact) mass is 152 g/mol. The third-order valence-corrected chi connectivity index (χ3v) is 1.44. The van der Waals surface area contributed by atoms with Gasteiger partial charge in [0.2, 0.25) is 0 Å². The summed E-state index contributed by atoms with van der Waals surface area (Å²) < 4.78 is 0. The minimum Gasteiger partial charge on any atom is -0.364 e. The van der Waals surface area contributed by atoms with Crippen LogP contribution in [0.2, 0.25) is 0 Å². The number of aromatic nitrogens is 1. The summed E-state index contributed by atoms with van der Waals surface area (Å²) in [5.74, 6) is 0.843. The summed E-state index contributed by atoms with van der Waals surface area (Å²) in [5.41, 5.74) is 0.936. The van der Waals surface area contributed by atoms with Crippen molar-refractivity contribution in [1.29, 1.82) is 0 Å². The molecule has 3 nitrogen and oxygen atoms in total. The number of pyridine rings is 1. The fraction of sp³-hybridized carbons (Fsp3) is 0.375. The third-order valence-electron chi connectivity index (χ3n) is 1.44. The van der Waals surface area contributed by atoms with Crippen molar-refractivity contribution >= 4 is 5.82 Å². The molecule has 0 spiro atoms. The van der Waals surface area contributed by atoms with Crippen molar-refractivity contribution in [3.63, 3.8) is 0 Å². The zero-order valence-electron chi connectivity index (χ0n) is 7.01. The van der Waals surface area contributed by atoms with E-state index in [0.29, 0.717) is 0 Å². The van der Waals surface area contributed by atoms with E-state index in [9.17, 15) is 4.79 Å². The maximum atomic E-state index is 11.0. The van der Waals surface area contributed by atoms with E-state index < -0.39 is 0 Å². The lowest BCUT2D eigenvalue weighted by molar-refractivity contribution is 1.04. The van der Waals surface area contributed by atoms with Crippen molar-refractivity contribution in [2.24, 2.45) is 0 Å². The molecule has 1 N–H and O–H groups in total. The number of H-pyrrole nitrogens is 1. The highest BCUT2D eigenvalue weighted by Gasteiger charge is 1.96. The van der Waals surface area contributed by atoms with E-state index in [-0.39, 0.29) is 5.43 Å². The second kappa shape index (κ2) is 2.78. The molecule has 0 aromatic carbocycles. The Bertz CT molecular complexity index is 301. The van der Waals surface area contributed by atoms with Crippen molar-refractivity contribution in [3.8, 4) is 0 Å². The second-order valence-corrected chi connectivity index (χ2v) is 2.78. The molecule has 0 saturated heterocycles. The van der Waals surface area contributed by atoms with Gasteiger partial charge in [0.25, 0.3) is 0 Å². The normalized spacial score (nSPS) is 9.73. The van der Waals surface area contributed by atoms with Gasteiger partial charge in [-0.1, -0.05) is 0 Å². The molecule has 1 aromatic heterocycles. The summed E-state index contributed by atoms with van der Waals surface area (Å²) in [6.07, 6.45) is 0. The maximum Gasteiger partial charge on any atom is 0.183 e. The van der Waals surface area contributed by atoms with Gasteiger partial charge in [0, 0.05) is 31.9 Å². The van der Waals surface area contributed by atoms with E-state index in [1.165, 1.54) is 0 Å². The van der Waals surface area contributed by atoms with Crippen LogP contribution in [0.4, 0.5) is 5.82 Å². The Kier molecular flexibility index (Phi) is 1.98. The molecule has 0 saturated carbocycles. The molecule has 0 amide bonds. The van der Waals surface area contributed by atoms with Crippen LogP contribution in [0.1, 0.15) is 5.69 Å². The fourth-order valence-electron chi connectivity index (χ4n) is 0.905. The first kappa shape index (κ1) is 7.85. The molecule has 11 heavy (non-hydrogen) atoms. The predicted octanol–water partition coefficient (Wildman–Crippen LogP) is 0.749. The largest absolute Gasteiger partial charge is 0.364 e. The van der Waals surface area contributed by atoms with Gasteiger partial charge in [0.1, 0.15) is 5.82 Å². The first-order valence-corrected chi connectivity index (χ1v) is 3.48. The molecule has 0 bridgehead atoms. The number of aromatic amines is 1. The standard InChI is InChI=1S/C8H12N2O/c1-6-4-7(11)5-8(9-6)10(2)3/h4-5H,1-3H3,(H,9,11). The second-order valence-electron chi connectivity index (χ2n) is 2.78. The SMILES string of the molecule is Cc1cc(=O)cc(N(C)C)[nH]1. The predicted molar refractivity (Wildman–Crippen MR) is 46.1 cm³/mol. The Morgan fingerprint density at radius 1 is 1.36 bits per heavy atom. The van der Waals surface area contributed by atoms with Crippen molar-refractivity contribution in [2.45, 2.75) is 6.92 Å². The van der Waals surface area contributed by atoms with Crippen molar-refractivity contribution in [1.82, 2.24) is 4.98 Å². The number of nitrogens with one attached hydrogen (secondary N) is 1. The molecular formula is C8H12N2O. The van der Waals surface area contributed by atoms with Gasteiger partial charge in [-0.3, -0.25) is 4.79 Å². The molecule has 0 aliphatic carbocycles.